The van der Waals surface area contributed by atoms with Crippen molar-refractivity contribution in [2.45, 2.75) is 31.5 Å². The Morgan fingerprint density at radius 1 is 1.08 bits per heavy atom. The second kappa shape index (κ2) is 8.26. The molecule has 0 aliphatic carbocycles. The normalized spacial score (nSPS) is 13.4. The first-order valence-electron chi connectivity index (χ1n) is 7.69. The van der Waals surface area contributed by atoms with Crippen molar-refractivity contribution in [1.82, 2.24) is 0 Å². The van der Waals surface area contributed by atoms with E-state index in [2.05, 4.69) is 24.3 Å². The van der Waals surface area contributed by atoms with Gasteiger partial charge in [-0.25, -0.2) is 4.79 Å². The lowest BCUT2D eigenvalue weighted by molar-refractivity contribution is -0.170. The van der Waals surface area contributed by atoms with Crippen molar-refractivity contribution in [2.24, 2.45) is 0 Å². The Hall–Kier alpha value is -2.49. The number of ether oxygens (including phenoxy) is 1. The molecule has 140 valence electrons. The molecular formula is C17H18O8S. The molecule has 0 bridgehead atoms. The van der Waals surface area contributed by atoms with E-state index in [1.54, 1.807) is 0 Å². The maximum Gasteiger partial charge on any atom is 0.336 e. The molecule has 4 N–H and O–H groups in total. The molecule has 1 aliphatic heterocycles. The van der Waals surface area contributed by atoms with Crippen LogP contribution in [0.1, 0.15) is 23.3 Å². The highest BCUT2D eigenvalue weighted by molar-refractivity contribution is 7.19. The molecule has 0 fully saturated rings. The number of aliphatic hydroxyl groups is 1. The Morgan fingerprint density at radius 2 is 1.69 bits per heavy atom. The zero-order valence-electron chi connectivity index (χ0n) is 13.7. The lowest BCUT2D eigenvalue weighted by atomic mass is 9.96. The Labute approximate surface area is 152 Å². The molecule has 0 amide bonds. The standard InChI is InChI=1S/C11H10OS.C6H8O7/c1-2-4-10-8(3-1)9-5-6-12-7-11(9)13-10;7-3(8)1-6(13,5(11)12)2-4(9)10/h1-4H,5-7H2;13H,1-2H2,(H,7,8)(H,9,10)(H,11,12). The van der Waals surface area contributed by atoms with E-state index in [0.717, 1.165) is 19.6 Å². The summed E-state index contributed by atoms with van der Waals surface area (Å²) in [6.07, 6.45) is -1.21. The summed E-state index contributed by atoms with van der Waals surface area (Å²) >= 11 is 1.87. The number of carboxylic acid groups (broad SMARTS) is 3. The molecule has 1 aromatic heterocycles. The van der Waals surface area contributed by atoms with Crippen LogP contribution in [0.3, 0.4) is 0 Å². The van der Waals surface area contributed by atoms with E-state index in [1.165, 1.54) is 20.5 Å². The van der Waals surface area contributed by atoms with E-state index >= 15 is 0 Å². The molecule has 8 nitrogen and oxygen atoms in total. The van der Waals surface area contributed by atoms with Crippen LogP contribution >= 0.6 is 11.3 Å². The van der Waals surface area contributed by atoms with E-state index in [1.807, 2.05) is 11.3 Å². The van der Waals surface area contributed by atoms with Gasteiger partial charge in [-0.05, 0) is 23.4 Å². The highest BCUT2D eigenvalue weighted by Gasteiger charge is 2.40. The molecule has 3 rings (SSSR count). The number of hydrogen-bond acceptors (Lipinski definition) is 6. The van der Waals surface area contributed by atoms with Crippen LogP contribution in [-0.2, 0) is 32.1 Å². The smallest absolute Gasteiger partial charge is 0.336 e. The molecule has 9 heteroatoms. The lowest BCUT2D eigenvalue weighted by Gasteiger charge is -2.18. The first-order chi connectivity index (χ1) is 12.2. The van der Waals surface area contributed by atoms with Gasteiger partial charge >= 0.3 is 17.9 Å². The van der Waals surface area contributed by atoms with E-state index in [0.29, 0.717) is 0 Å². The summed E-state index contributed by atoms with van der Waals surface area (Å²) in [6, 6.07) is 8.63. The first kappa shape index (κ1) is 19.8. The van der Waals surface area contributed by atoms with Crippen LogP contribution in [0.2, 0.25) is 0 Å². The quantitative estimate of drug-likeness (QED) is 0.612. The van der Waals surface area contributed by atoms with Gasteiger partial charge in [-0.15, -0.1) is 11.3 Å². The van der Waals surface area contributed by atoms with Crippen molar-refractivity contribution in [3.8, 4) is 0 Å². The van der Waals surface area contributed by atoms with Crippen LogP contribution in [0.25, 0.3) is 10.1 Å². The lowest BCUT2D eigenvalue weighted by Crippen LogP contribution is -2.42. The summed E-state index contributed by atoms with van der Waals surface area (Å²) in [5, 5.41) is 35.2. The molecule has 0 spiro atoms. The first-order valence-corrected chi connectivity index (χ1v) is 8.51. The Kier molecular flexibility index (Phi) is 6.30. The highest BCUT2D eigenvalue weighted by Crippen LogP contribution is 2.33. The van der Waals surface area contributed by atoms with Gasteiger partial charge in [0.15, 0.2) is 5.60 Å². The molecule has 26 heavy (non-hydrogen) atoms. The Bertz CT molecular complexity index is 809. The van der Waals surface area contributed by atoms with Crippen LogP contribution in [-0.4, -0.2) is 50.5 Å². The van der Waals surface area contributed by atoms with Crippen molar-refractivity contribution in [2.75, 3.05) is 6.61 Å². The van der Waals surface area contributed by atoms with Gasteiger partial charge in [-0.3, -0.25) is 9.59 Å². The van der Waals surface area contributed by atoms with Crippen LogP contribution in [0.4, 0.5) is 0 Å². The fraction of sp³-hybridized carbons (Fsp3) is 0.353. The third kappa shape index (κ3) is 4.78. The third-order valence-electron chi connectivity index (χ3n) is 3.80. The van der Waals surface area contributed by atoms with Gasteiger partial charge in [0.1, 0.15) is 0 Å². The highest BCUT2D eigenvalue weighted by atomic mass is 32.1. The summed E-state index contributed by atoms with van der Waals surface area (Å²) in [4.78, 5) is 31.9. The van der Waals surface area contributed by atoms with Gasteiger partial charge in [-0.2, -0.15) is 0 Å². The number of carboxylic acids is 3. The minimum absolute atomic E-state index is 0.814. The molecule has 2 aromatic rings. The van der Waals surface area contributed by atoms with Crippen molar-refractivity contribution < 1.29 is 39.5 Å². The summed E-state index contributed by atoms with van der Waals surface area (Å²) < 4.78 is 6.84. The van der Waals surface area contributed by atoms with Crippen LogP contribution < -0.4 is 0 Å². The molecule has 0 saturated carbocycles. The number of rotatable bonds is 5. The van der Waals surface area contributed by atoms with Crippen molar-refractivity contribution >= 4 is 39.3 Å². The van der Waals surface area contributed by atoms with Crippen molar-refractivity contribution in [3.63, 3.8) is 0 Å². The summed E-state index contributed by atoms with van der Waals surface area (Å²) in [5.41, 5.74) is -1.22. The predicted molar refractivity (Wildman–Crippen MR) is 92.3 cm³/mol. The van der Waals surface area contributed by atoms with Gasteiger partial charge in [0, 0.05) is 9.58 Å². The third-order valence-corrected chi connectivity index (χ3v) is 4.98. The molecule has 1 aliphatic rings. The number of carbonyl (C=O) groups is 3. The monoisotopic (exact) mass is 382 g/mol. The maximum absolute atomic E-state index is 10.3. The summed E-state index contributed by atoms with van der Waals surface area (Å²) in [5.74, 6) is -5.02. The fourth-order valence-electron chi connectivity index (χ4n) is 2.59. The molecule has 0 radical (unpaired) electrons. The van der Waals surface area contributed by atoms with Gasteiger partial charge in [0.25, 0.3) is 0 Å². The fourth-order valence-corrected chi connectivity index (χ4v) is 3.78. The topological polar surface area (TPSA) is 141 Å². The number of fused-ring (bicyclic) bond motifs is 3. The number of thiophene rings is 1. The Morgan fingerprint density at radius 3 is 2.27 bits per heavy atom. The average Bonchev–Trinajstić information content (AvgIpc) is 2.92. The van der Waals surface area contributed by atoms with E-state index in [-0.39, 0.29) is 0 Å². The van der Waals surface area contributed by atoms with Crippen molar-refractivity contribution in [3.05, 3.63) is 34.7 Å². The Balaban J connectivity index is 0.000000187. The van der Waals surface area contributed by atoms with Gasteiger partial charge in [-0.1, -0.05) is 18.2 Å². The van der Waals surface area contributed by atoms with Crippen LogP contribution in [0, 0.1) is 0 Å². The minimum atomic E-state index is -2.74. The molecule has 0 atom stereocenters. The number of aliphatic carboxylic acids is 3. The predicted octanol–water partition coefficient (Wildman–Crippen LogP) is 1.73. The molecule has 0 unspecified atom stereocenters. The van der Waals surface area contributed by atoms with Gasteiger partial charge in [0.2, 0.25) is 0 Å². The summed E-state index contributed by atoms with van der Waals surface area (Å²) in [7, 11) is 0. The largest absolute Gasteiger partial charge is 0.481 e. The zero-order chi connectivity index (χ0) is 19.3. The van der Waals surface area contributed by atoms with Crippen LogP contribution in [0.15, 0.2) is 24.3 Å². The van der Waals surface area contributed by atoms with E-state index < -0.39 is 36.4 Å². The van der Waals surface area contributed by atoms with Crippen LogP contribution in [0.5, 0.6) is 0 Å². The van der Waals surface area contributed by atoms with Gasteiger partial charge < -0.3 is 25.2 Å². The number of benzene rings is 1. The molecule has 2 heterocycles. The maximum atomic E-state index is 10.3. The molecule has 1 aromatic carbocycles. The average molecular weight is 382 g/mol. The molecular weight excluding hydrogens is 364 g/mol. The van der Waals surface area contributed by atoms with Crippen molar-refractivity contribution in [1.29, 1.82) is 0 Å². The summed E-state index contributed by atoms with van der Waals surface area (Å²) in [6.45, 7) is 1.70. The minimum Gasteiger partial charge on any atom is -0.481 e. The molecule has 0 saturated heterocycles. The van der Waals surface area contributed by atoms with E-state index in [4.69, 9.17) is 25.2 Å². The zero-order valence-corrected chi connectivity index (χ0v) is 14.5. The van der Waals surface area contributed by atoms with E-state index in [9.17, 15) is 14.4 Å². The second-order valence-corrected chi connectivity index (χ2v) is 6.92. The number of hydrogen-bond donors (Lipinski definition) is 4. The van der Waals surface area contributed by atoms with Gasteiger partial charge in [0.05, 0.1) is 26.1 Å². The SMILES string of the molecule is O=C(O)CC(O)(CC(=O)O)C(=O)O.c1ccc2c3c(sc2c1)COCC3. The second-order valence-electron chi connectivity index (χ2n) is 5.78.